The molecule has 86 valence electrons. The normalized spacial score (nSPS) is 30.3. The molecule has 1 aliphatic heterocycles. The predicted octanol–water partition coefficient (Wildman–Crippen LogP) is 2.29. The molecule has 0 aromatic rings. The van der Waals surface area contributed by atoms with Crippen LogP contribution in [-0.2, 0) is 4.79 Å². The topological polar surface area (TPSA) is 20.3 Å². The molecular weight excluding hydrogens is 200 g/mol. The first-order chi connectivity index (χ1) is 7.04. The first-order valence-corrected chi connectivity index (χ1v) is 5.71. The van der Waals surface area contributed by atoms with Crippen LogP contribution in [0.3, 0.4) is 0 Å². The van der Waals surface area contributed by atoms with E-state index in [-0.39, 0.29) is 12.3 Å². The van der Waals surface area contributed by atoms with Gasteiger partial charge in [-0.1, -0.05) is 13.3 Å². The molecule has 2 rings (SSSR count). The van der Waals surface area contributed by atoms with Crippen molar-refractivity contribution in [1.29, 1.82) is 0 Å². The number of alkyl halides is 2. The second-order valence-electron chi connectivity index (χ2n) is 4.69. The first kappa shape index (κ1) is 10.8. The third-order valence-electron chi connectivity index (χ3n) is 3.63. The fraction of sp³-hybridized carbons (Fsp3) is 0.909. The van der Waals surface area contributed by atoms with Gasteiger partial charge in [-0.15, -0.1) is 0 Å². The molecule has 0 bridgehead atoms. The van der Waals surface area contributed by atoms with Gasteiger partial charge in [0, 0.05) is 19.5 Å². The van der Waals surface area contributed by atoms with E-state index in [4.69, 9.17) is 0 Å². The highest BCUT2D eigenvalue weighted by atomic mass is 19.3. The molecule has 1 amide bonds. The highest BCUT2D eigenvalue weighted by Crippen LogP contribution is 2.49. The van der Waals surface area contributed by atoms with E-state index in [2.05, 4.69) is 6.92 Å². The van der Waals surface area contributed by atoms with Gasteiger partial charge in [0.15, 0.2) is 0 Å². The summed E-state index contributed by atoms with van der Waals surface area (Å²) in [7, 11) is 0. The van der Waals surface area contributed by atoms with Gasteiger partial charge in [0.25, 0.3) is 5.92 Å². The maximum absolute atomic E-state index is 12.7. The average molecular weight is 217 g/mol. The van der Waals surface area contributed by atoms with E-state index < -0.39 is 11.8 Å². The largest absolute Gasteiger partial charge is 0.342 e. The van der Waals surface area contributed by atoms with Crippen LogP contribution in [-0.4, -0.2) is 29.8 Å². The van der Waals surface area contributed by atoms with E-state index in [9.17, 15) is 13.6 Å². The van der Waals surface area contributed by atoms with Gasteiger partial charge in [-0.25, -0.2) is 8.78 Å². The number of carbonyl (C=O) groups is 1. The third-order valence-corrected chi connectivity index (χ3v) is 3.63. The van der Waals surface area contributed by atoms with E-state index in [1.54, 1.807) is 4.90 Å². The highest BCUT2D eigenvalue weighted by Gasteiger charge is 2.62. The zero-order chi connectivity index (χ0) is 11.1. The molecule has 1 saturated heterocycles. The Hall–Kier alpha value is -0.670. The Morgan fingerprint density at radius 1 is 1.40 bits per heavy atom. The van der Waals surface area contributed by atoms with E-state index in [0.717, 1.165) is 19.3 Å². The standard InChI is InChI=1S/C11H17F2NO/c1-2-8-3-5-14(6-4-8)10(15)9-7-11(9,12)13/h8-9H,2-7H2,1H3. The summed E-state index contributed by atoms with van der Waals surface area (Å²) < 4.78 is 25.4. The Morgan fingerprint density at radius 3 is 2.33 bits per heavy atom. The van der Waals surface area contributed by atoms with Gasteiger partial charge >= 0.3 is 0 Å². The van der Waals surface area contributed by atoms with Crippen molar-refractivity contribution in [2.24, 2.45) is 11.8 Å². The van der Waals surface area contributed by atoms with Crippen LogP contribution >= 0.6 is 0 Å². The summed E-state index contributed by atoms with van der Waals surface area (Å²) in [5.74, 6) is -3.36. The lowest BCUT2D eigenvalue weighted by Gasteiger charge is -2.31. The van der Waals surface area contributed by atoms with Crippen LogP contribution in [0.5, 0.6) is 0 Å². The SMILES string of the molecule is CCC1CCN(C(=O)C2CC2(F)F)CC1. The lowest BCUT2D eigenvalue weighted by atomic mass is 9.94. The molecule has 1 atom stereocenters. The minimum atomic E-state index is -2.71. The van der Waals surface area contributed by atoms with E-state index in [1.807, 2.05) is 0 Å². The molecule has 0 N–H and O–H groups in total. The van der Waals surface area contributed by atoms with Crippen LogP contribution in [0.25, 0.3) is 0 Å². The minimum Gasteiger partial charge on any atom is -0.342 e. The number of piperidine rings is 1. The summed E-state index contributed by atoms with van der Waals surface area (Å²) in [6.45, 7) is 3.48. The predicted molar refractivity (Wildman–Crippen MR) is 52.6 cm³/mol. The number of halogens is 2. The van der Waals surface area contributed by atoms with Gasteiger partial charge < -0.3 is 4.90 Å². The summed E-state index contributed by atoms with van der Waals surface area (Å²) >= 11 is 0. The Bertz CT molecular complexity index is 259. The lowest BCUT2D eigenvalue weighted by molar-refractivity contribution is -0.136. The second kappa shape index (κ2) is 3.72. The maximum atomic E-state index is 12.7. The monoisotopic (exact) mass is 217 g/mol. The molecule has 2 nitrogen and oxygen atoms in total. The Kier molecular flexibility index (Phi) is 2.69. The van der Waals surface area contributed by atoms with E-state index in [1.165, 1.54) is 0 Å². The quantitative estimate of drug-likeness (QED) is 0.695. The summed E-state index contributed by atoms with van der Waals surface area (Å²) in [6, 6.07) is 0. The molecule has 1 heterocycles. The number of hydrogen-bond donors (Lipinski definition) is 0. The van der Waals surface area contributed by atoms with E-state index in [0.29, 0.717) is 19.0 Å². The zero-order valence-corrected chi connectivity index (χ0v) is 9.01. The second-order valence-corrected chi connectivity index (χ2v) is 4.69. The van der Waals surface area contributed by atoms with Crippen molar-refractivity contribution in [1.82, 2.24) is 4.90 Å². The fourth-order valence-corrected chi connectivity index (χ4v) is 2.26. The van der Waals surface area contributed by atoms with Crippen molar-refractivity contribution >= 4 is 5.91 Å². The van der Waals surface area contributed by atoms with Crippen molar-refractivity contribution in [2.75, 3.05) is 13.1 Å². The summed E-state index contributed by atoms with van der Waals surface area (Å²) in [6.07, 6.45) is 2.84. The Labute approximate surface area is 88.6 Å². The molecular formula is C11H17F2NO. The molecule has 15 heavy (non-hydrogen) atoms. The number of amides is 1. The lowest BCUT2D eigenvalue weighted by Crippen LogP contribution is -2.40. The average Bonchev–Trinajstić information content (AvgIpc) is 2.87. The van der Waals surface area contributed by atoms with Gasteiger partial charge in [0.1, 0.15) is 5.92 Å². The smallest absolute Gasteiger partial charge is 0.260 e. The number of nitrogens with zero attached hydrogens (tertiary/aromatic N) is 1. The number of rotatable bonds is 2. The molecule has 2 aliphatic rings. The van der Waals surface area contributed by atoms with Crippen LogP contribution in [0.2, 0.25) is 0 Å². The van der Waals surface area contributed by atoms with Crippen molar-refractivity contribution in [3.05, 3.63) is 0 Å². The molecule has 4 heteroatoms. The Balaban J connectivity index is 1.84. The van der Waals surface area contributed by atoms with Crippen molar-refractivity contribution < 1.29 is 13.6 Å². The molecule has 0 spiro atoms. The van der Waals surface area contributed by atoms with Gasteiger partial charge in [-0.05, 0) is 18.8 Å². The van der Waals surface area contributed by atoms with Gasteiger partial charge in [0.05, 0.1) is 0 Å². The van der Waals surface area contributed by atoms with Crippen molar-refractivity contribution in [3.8, 4) is 0 Å². The third kappa shape index (κ3) is 2.13. The zero-order valence-electron chi connectivity index (χ0n) is 9.01. The molecule has 2 fully saturated rings. The van der Waals surface area contributed by atoms with Gasteiger partial charge in [0.2, 0.25) is 5.91 Å². The highest BCUT2D eigenvalue weighted by molar-refractivity contribution is 5.83. The fourth-order valence-electron chi connectivity index (χ4n) is 2.26. The molecule has 1 aliphatic carbocycles. The summed E-state index contributed by atoms with van der Waals surface area (Å²) in [5, 5.41) is 0. The minimum absolute atomic E-state index is 0.237. The molecule has 1 unspecified atom stereocenters. The van der Waals surface area contributed by atoms with Crippen LogP contribution in [0.1, 0.15) is 32.6 Å². The summed E-state index contributed by atoms with van der Waals surface area (Å²) in [5.41, 5.74) is 0. The number of carbonyl (C=O) groups excluding carboxylic acids is 1. The van der Waals surface area contributed by atoms with Crippen LogP contribution in [0, 0.1) is 11.8 Å². The van der Waals surface area contributed by atoms with Gasteiger partial charge in [-0.2, -0.15) is 0 Å². The molecule has 0 radical (unpaired) electrons. The molecule has 0 aromatic carbocycles. The summed E-state index contributed by atoms with van der Waals surface area (Å²) in [4.78, 5) is 13.2. The molecule has 0 aromatic heterocycles. The van der Waals surface area contributed by atoms with Crippen LogP contribution in [0.4, 0.5) is 8.78 Å². The number of hydrogen-bond acceptors (Lipinski definition) is 1. The van der Waals surface area contributed by atoms with Crippen LogP contribution < -0.4 is 0 Å². The first-order valence-electron chi connectivity index (χ1n) is 5.71. The van der Waals surface area contributed by atoms with E-state index >= 15 is 0 Å². The number of likely N-dealkylation sites (tertiary alicyclic amines) is 1. The molecule has 1 saturated carbocycles. The van der Waals surface area contributed by atoms with Crippen LogP contribution in [0.15, 0.2) is 0 Å². The van der Waals surface area contributed by atoms with Crippen molar-refractivity contribution in [2.45, 2.75) is 38.5 Å². The van der Waals surface area contributed by atoms with Crippen molar-refractivity contribution in [3.63, 3.8) is 0 Å². The Morgan fingerprint density at radius 2 is 1.93 bits per heavy atom. The maximum Gasteiger partial charge on any atom is 0.260 e. The van der Waals surface area contributed by atoms with Gasteiger partial charge in [-0.3, -0.25) is 4.79 Å².